The van der Waals surface area contributed by atoms with Gasteiger partial charge in [0.25, 0.3) is 0 Å². The van der Waals surface area contributed by atoms with Crippen molar-refractivity contribution in [3.05, 3.63) is 59.1 Å². The fourth-order valence-electron chi connectivity index (χ4n) is 2.56. The van der Waals surface area contributed by atoms with E-state index in [2.05, 4.69) is 5.32 Å². The molecule has 7 heteroatoms. The van der Waals surface area contributed by atoms with Gasteiger partial charge < -0.3 is 10.2 Å². The summed E-state index contributed by atoms with van der Waals surface area (Å²) in [7, 11) is 0. The molecule has 0 saturated carbocycles. The van der Waals surface area contributed by atoms with Crippen molar-refractivity contribution in [2.24, 2.45) is 5.92 Å². The van der Waals surface area contributed by atoms with E-state index < -0.39 is 17.6 Å². The summed E-state index contributed by atoms with van der Waals surface area (Å²) < 4.78 is 26.3. The SMILES string of the molecule is O=C(Nc1ccc(Cl)cc1)C1CC(=O)N(c2ccc(F)c(F)c2)C1. The van der Waals surface area contributed by atoms with Gasteiger partial charge in [-0.3, -0.25) is 9.59 Å². The maximum Gasteiger partial charge on any atom is 0.229 e. The molecule has 0 aliphatic carbocycles. The molecular weight excluding hydrogens is 338 g/mol. The zero-order chi connectivity index (χ0) is 17.3. The van der Waals surface area contributed by atoms with E-state index in [0.717, 1.165) is 12.1 Å². The average Bonchev–Trinajstić information content (AvgIpc) is 2.94. The molecule has 1 saturated heterocycles. The van der Waals surface area contributed by atoms with Crippen molar-refractivity contribution in [1.29, 1.82) is 0 Å². The molecule has 0 spiro atoms. The van der Waals surface area contributed by atoms with Gasteiger partial charge in [-0.25, -0.2) is 8.78 Å². The van der Waals surface area contributed by atoms with Gasteiger partial charge in [-0.05, 0) is 36.4 Å². The van der Waals surface area contributed by atoms with Gasteiger partial charge in [0.05, 0.1) is 5.92 Å². The normalized spacial score (nSPS) is 17.2. The van der Waals surface area contributed by atoms with Gasteiger partial charge in [0, 0.05) is 35.4 Å². The van der Waals surface area contributed by atoms with E-state index in [4.69, 9.17) is 11.6 Å². The third kappa shape index (κ3) is 3.38. The molecule has 124 valence electrons. The molecule has 1 unspecified atom stereocenters. The fraction of sp³-hybridized carbons (Fsp3) is 0.176. The van der Waals surface area contributed by atoms with Crippen LogP contribution in [0.25, 0.3) is 0 Å². The van der Waals surface area contributed by atoms with Gasteiger partial charge in [-0.15, -0.1) is 0 Å². The number of nitrogens with zero attached hydrogens (tertiary/aromatic N) is 1. The number of carbonyl (C=O) groups is 2. The third-order valence-corrected chi connectivity index (χ3v) is 4.07. The Morgan fingerprint density at radius 3 is 2.50 bits per heavy atom. The maximum absolute atomic E-state index is 13.3. The van der Waals surface area contributed by atoms with E-state index in [1.807, 2.05) is 0 Å². The highest BCUT2D eigenvalue weighted by atomic mass is 35.5. The smallest absolute Gasteiger partial charge is 0.229 e. The Morgan fingerprint density at radius 1 is 1.12 bits per heavy atom. The van der Waals surface area contributed by atoms with Crippen LogP contribution in [0, 0.1) is 17.6 Å². The van der Waals surface area contributed by atoms with Crippen molar-refractivity contribution >= 4 is 34.8 Å². The van der Waals surface area contributed by atoms with Crippen molar-refractivity contribution in [3.8, 4) is 0 Å². The lowest BCUT2D eigenvalue weighted by molar-refractivity contribution is -0.122. The highest BCUT2D eigenvalue weighted by Crippen LogP contribution is 2.27. The Bertz CT molecular complexity index is 796. The molecule has 4 nitrogen and oxygen atoms in total. The maximum atomic E-state index is 13.3. The van der Waals surface area contributed by atoms with Gasteiger partial charge in [-0.1, -0.05) is 11.6 Å². The molecule has 0 radical (unpaired) electrons. The minimum atomic E-state index is -1.03. The number of amides is 2. The van der Waals surface area contributed by atoms with Crippen molar-refractivity contribution in [2.45, 2.75) is 6.42 Å². The predicted octanol–water partition coefficient (Wildman–Crippen LogP) is 3.61. The first-order valence-corrected chi connectivity index (χ1v) is 7.63. The van der Waals surface area contributed by atoms with E-state index >= 15 is 0 Å². The summed E-state index contributed by atoms with van der Waals surface area (Å²) in [6.07, 6.45) is 0.0123. The Kier molecular flexibility index (Phi) is 4.49. The molecule has 1 N–H and O–H groups in total. The Balaban J connectivity index is 1.70. The summed E-state index contributed by atoms with van der Waals surface area (Å²) >= 11 is 5.78. The molecule has 2 aromatic carbocycles. The number of benzene rings is 2. The van der Waals surface area contributed by atoms with Gasteiger partial charge in [-0.2, -0.15) is 0 Å². The largest absolute Gasteiger partial charge is 0.326 e. The van der Waals surface area contributed by atoms with Crippen molar-refractivity contribution in [1.82, 2.24) is 0 Å². The van der Waals surface area contributed by atoms with Crippen molar-refractivity contribution in [3.63, 3.8) is 0 Å². The first kappa shape index (κ1) is 16.4. The topological polar surface area (TPSA) is 49.4 Å². The summed E-state index contributed by atoms with van der Waals surface area (Å²) in [6, 6.07) is 9.82. The number of nitrogens with one attached hydrogen (secondary N) is 1. The van der Waals surface area contributed by atoms with Crippen molar-refractivity contribution in [2.75, 3.05) is 16.8 Å². The molecule has 1 fully saturated rings. The lowest BCUT2D eigenvalue weighted by Gasteiger charge is -2.17. The quantitative estimate of drug-likeness (QED) is 0.919. The number of halogens is 3. The van der Waals surface area contributed by atoms with Gasteiger partial charge in [0.2, 0.25) is 11.8 Å². The average molecular weight is 351 g/mol. The van der Waals surface area contributed by atoms with Crippen LogP contribution in [0.2, 0.25) is 5.02 Å². The molecular formula is C17H13ClF2N2O2. The molecule has 2 aromatic rings. The second-order valence-electron chi connectivity index (χ2n) is 5.50. The Hall–Kier alpha value is -2.47. The standard InChI is InChI=1S/C17H13ClF2N2O2/c18-11-1-3-12(4-2-11)21-17(24)10-7-16(23)22(9-10)13-5-6-14(19)15(20)8-13/h1-6,8,10H,7,9H2,(H,21,24). The summed E-state index contributed by atoms with van der Waals surface area (Å²) in [4.78, 5) is 25.7. The van der Waals surface area contributed by atoms with Crippen molar-refractivity contribution < 1.29 is 18.4 Å². The van der Waals surface area contributed by atoms with E-state index in [-0.39, 0.29) is 30.5 Å². The molecule has 1 aliphatic rings. The first-order chi connectivity index (χ1) is 11.4. The van der Waals surface area contributed by atoms with E-state index in [1.54, 1.807) is 24.3 Å². The van der Waals surface area contributed by atoms with Crippen LogP contribution in [-0.4, -0.2) is 18.4 Å². The van der Waals surface area contributed by atoms with E-state index in [0.29, 0.717) is 10.7 Å². The second-order valence-corrected chi connectivity index (χ2v) is 5.94. The minimum absolute atomic E-state index is 0.0123. The highest BCUT2D eigenvalue weighted by molar-refractivity contribution is 6.30. The summed E-state index contributed by atoms with van der Waals surface area (Å²) in [5.74, 6) is -3.20. The van der Waals surface area contributed by atoms with Crippen LogP contribution >= 0.6 is 11.6 Å². The monoisotopic (exact) mass is 350 g/mol. The summed E-state index contributed by atoms with van der Waals surface area (Å²) in [6.45, 7) is 0.114. The third-order valence-electron chi connectivity index (χ3n) is 3.82. The molecule has 3 rings (SSSR count). The fourth-order valence-corrected chi connectivity index (χ4v) is 2.69. The molecule has 0 aromatic heterocycles. The number of hydrogen-bond acceptors (Lipinski definition) is 2. The summed E-state index contributed by atoms with van der Waals surface area (Å²) in [5.41, 5.74) is 0.809. The lowest BCUT2D eigenvalue weighted by atomic mass is 10.1. The number of anilines is 2. The molecule has 24 heavy (non-hydrogen) atoms. The Morgan fingerprint density at radius 2 is 1.83 bits per heavy atom. The first-order valence-electron chi connectivity index (χ1n) is 7.26. The van der Waals surface area contributed by atoms with E-state index in [1.165, 1.54) is 11.0 Å². The molecule has 1 heterocycles. The number of hydrogen-bond donors (Lipinski definition) is 1. The van der Waals surface area contributed by atoms with E-state index in [9.17, 15) is 18.4 Å². The van der Waals surface area contributed by atoms with Gasteiger partial charge in [0.1, 0.15) is 0 Å². The zero-order valence-corrected chi connectivity index (χ0v) is 13.2. The Labute approximate surface area is 142 Å². The molecule has 1 aliphatic heterocycles. The van der Waals surface area contributed by atoms with Crippen LogP contribution in [0.1, 0.15) is 6.42 Å². The van der Waals surface area contributed by atoms with Crippen LogP contribution in [0.4, 0.5) is 20.2 Å². The van der Waals surface area contributed by atoms with Gasteiger partial charge in [0.15, 0.2) is 11.6 Å². The molecule has 1 atom stereocenters. The number of carbonyl (C=O) groups excluding carboxylic acids is 2. The molecule has 2 amide bonds. The lowest BCUT2D eigenvalue weighted by Crippen LogP contribution is -2.28. The second kappa shape index (κ2) is 6.57. The number of rotatable bonds is 3. The van der Waals surface area contributed by atoms with Crippen LogP contribution in [0.5, 0.6) is 0 Å². The predicted molar refractivity (Wildman–Crippen MR) is 86.9 cm³/mol. The van der Waals surface area contributed by atoms with Crippen LogP contribution in [0.15, 0.2) is 42.5 Å². The van der Waals surface area contributed by atoms with Crippen LogP contribution in [-0.2, 0) is 9.59 Å². The van der Waals surface area contributed by atoms with Crippen LogP contribution in [0.3, 0.4) is 0 Å². The minimum Gasteiger partial charge on any atom is -0.326 e. The van der Waals surface area contributed by atoms with Gasteiger partial charge >= 0.3 is 0 Å². The highest BCUT2D eigenvalue weighted by Gasteiger charge is 2.35. The zero-order valence-electron chi connectivity index (χ0n) is 12.4. The summed E-state index contributed by atoms with van der Waals surface area (Å²) in [5, 5.41) is 3.26. The van der Waals surface area contributed by atoms with Crippen LogP contribution < -0.4 is 10.2 Å². The molecule has 0 bridgehead atoms.